The van der Waals surface area contributed by atoms with E-state index >= 15 is 0 Å². The Bertz CT molecular complexity index is 945. The lowest BCUT2D eigenvalue weighted by molar-refractivity contribution is 1.31. The van der Waals surface area contributed by atoms with Crippen LogP contribution in [0.4, 0.5) is 0 Å². The van der Waals surface area contributed by atoms with Gasteiger partial charge in [-0.2, -0.15) is 0 Å². The predicted molar refractivity (Wildman–Crippen MR) is 96.0 cm³/mol. The van der Waals surface area contributed by atoms with Crippen LogP contribution in [0.2, 0.25) is 0 Å². The van der Waals surface area contributed by atoms with Crippen molar-refractivity contribution in [1.29, 1.82) is 0 Å². The van der Waals surface area contributed by atoms with E-state index in [9.17, 15) is 0 Å². The first-order valence-electron chi connectivity index (χ1n) is 6.86. The van der Waals surface area contributed by atoms with Crippen molar-refractivity contribution in [2.24, 2.45) is 0 Å². The van der Waals surface area contributed by atoms with Gasteiger partial charge in [0.05, 0.1) is 15.0 Å². The van der Waals surface area contributed by atoms with Crippen LogP contribution in [0.25, 0.3) is 32.6 Å². The average molecular weight is 367 g/mol. The van der Waals surface area contributed by atoms with Gasteiger partial charge < -0.3 is 0 Å². The summed E-state index contributed by atoms with van der Waals surface area (Å²) in [6.07, 6.45) is 3.80. The van der Waals surface area contributed by atoms with E-state index in [1.54, 1.807) is 11.3 Å². The zero-order valence-electron chi connectivity index (χ0n) is 11.5. The summed E-state index contributed by atoms with van der Waals surface area (Å²) in [6, 6.07) is 18.6. The van der Waals surface area contributed by atoms with Gasteiger partial charge in [-0.05, 0) is 52.3 Å². The lowest BCUT2D eigenvalue weighted by atomic mass is 10.1. The fourth-order valence-electron chi connectivity index (χ4n) is 2.39. The molecule has 0 saturated heterocycles. The first kappa shape index (κ1) is 13.6. The summed E-state index contributed by atoms with van der Waals surface area (Å²) in [5.74, 6) is 0. The minimum atomic E-state index is 0.942. The topological polar surface area (TPSA) is 25.8 Å². The normalized spacial score (nSPS) is 11.0. The summed E-state index contributed by atoms with van der Waals surface area (Å²) in [5.41, 5.74) is 4.12. The molecule has 3 heterocycles. The van der Waals surface area contributed by atoms with Crippen molar-refractivity contribution in [3.8, 4) is 21.7 Å². The van der Waals surface area contributed by atoms with Crippen LogP contribution in [0.1, 0.15) is 0 Å². The molecule has 0 N–H and O–H groups in total. The van der Waals surface area contributed by atoms with Crippen molar-refractivity contribution >= 4 is 38.2 Å². The third-order valence-corrected chi connectivity index (χ3v) is 5.18. The standard InChI is InChI=1S/C18H11BrN2S/c19-18-8-7-17(22-18)13-5-6-16(20-10-13)14-9-12-3-1-2-4-15(12)21-11-14/h1-11H. The number of rotatable bonds is 2. The van der Waals surface area contributed by atoms with E-state index in [0.29, 0.717) is 0 Å². The van der Waals surface area contributed by atoms with Gasteiger partial charge >= 0.3 is 0 Å². The van der Waals surface area contributed by atoms with Gasteiger partial charge in [-0.3, -0.25) is 9.97 Å². The first-order chi connectivity index (χ1) is 10.8. The number of fused-ring (bicyclic) bond motifs is 1. The zero-order chi connectivity index (χ0) is 14.9. The molecule has 4 rings (SSSR count). The smallest absolute Gasteiger partial charge is 0.0718 e. The Balaban J connectivity index is 1.72. The molecule has 3 aromatic heterocycles. The fraction of sp³-hybridized carbons (Fsp3) is 0. The summed E-state index contributed by atoms with van der Waals surface area (Å²) in [7, 11) is 0. The minimum absolute atomic E-state index is 0.942. The van der Waals surface area contributed by atoms with Gasteiger partial charge in [-0.1, -0.05) is 18.2 Å². The molecule has 0 aliphatic rings. The van der Waals surface area contributed by atoms with E-state index in [2.05, 4.69) is 62.3 Å². The Morgan fingerprint density at radius 3 is 2.45 bits per heavy atom. The zero-order valence-corrected chi connectivity index (χ0v) is 13.9. The lowest BCUT2D eigenvalue weighted by Crippen LogP contribution is -1.86. The Morgan fingerprint density at radius 2 is 1.68 bits per heavy atom. The molecule has 4 heteroatoms. The van der Waals surface area contributed by atoms with E-state index < -0.39 is 0 Å². The molecule has 0 fully saturated rings. The van der Waals surface area contributed by atoms with Crippen LogP contribution in [0.15, 0.2) is 70.8 Å². The highest BCUT2D eigenvalue weighted by atomic mass is 79.9. The molecular formula is C18H11BrN2S. The molecule has 0 saturated carbocycles. The van der Waals surface area contributed by atoms with E-state index in [-0.39, 0.29) is 0 Å². The van der Waals surface area contributed by atoms with Crippen LogP contribution < -0.4 is 0 Å². The second kappa shape index (κ2) is 5.63. The molecule has 0 unspecified atom stereocenters. The van der Waals surface area contributed by atoms with Crippen LogP contribution >= 0.6 is 27.3 Å². The molecule has 1 aromatic carbocycles. The van der Waals surface area contributed by atoms with Crippen molar-refractivity contribution in [2.45, 2.75) is 0 Å². The van der Waals surface area contributed by atoms with Gasteiger partial charge in [0.15, 0.2) is 0 Å². The number of aromatic nitrogens is 2. The van der Waals surface area contributed by atoms with Crippen molar-refractivity contribution in [3.05, 3.63) is 70.8 Å². The number of benzene rings is 1. The minimum Gasteiger partial charge on any atom is -0.256 e. The Morgan fingerprint density at radius 1 is 0.818 bits per heavy atom. The molecule has 0 radical (unpaired) electrons. The summed E-state index contributed by atoms with van der Waals surface area (Å²) >= 11 is 5.20. The second-order valence-electron chi connectivity index (χ2n) is 4.95. The Labute approximate surface area is 140 Å². The van der Waals surface area contributed by atoms with Crippen molar-refractivity contribution in [2.75, 3.05) is 0 Å². The summed E-state index contributed by atoms with van der Waals surface area (Å²) in [6.45, 7) is 0. The number of pyridine rings is 2. The SMILES string of the molecule is Brc1ccc(-c2ccc(-c3cnc4ccccc4c3)nc2)s1. The monoisotopic (exact) mass is 366 g/mol. The molecule has 106 valence electrons. The molecule has 0 bridgehead atoms. The Hall–Kier alpha value is -2.04. The van der Waals surface area contributed by atoms with Crippen LogP contribution in [-0.2, 0) is 0 Å². The number of para-hydroxylation sites is 1. The van der Waals surface area contributed by atoms with Gasteiger partial charge in [0.1, 0.15) is 0 Å². The summed E-state index contributed by atoms with van der Waals surface area (Å²) in [5, 5.41) is 1.13. The van der Waals surface area contributed by atoms with Crippen molar-refractivity contribution < 1.29 is 0 Å². The maximum absolute atomic E-state index is 4.59. The number of hydrogen-bond donors (Lipinski definition) is 0. The largest absolute Gasteiger partial charge is 0.256 e. The van der Waals surface area contributed by atoms with Gasteiger partial charge in [-0.25, -0.2) is 0 Å². The lowest BCUT2D eigenvalue weighted by Gasteiger charge is -2.04. The second-order valence-corrected chi connectivity index (χ2v) is 7.42. The maximum atomic E-state index is 4.59. The molecule has 0 atom stereocenters. The molecule has 0 amide bonds. The van der Waals surface area contributed by atoms with E-state index in [4.69, 9.17) is 0 Å². The van der Waals surface area contributed by atoms with Crippen molar-refractivity contribution in [3.63, 3.8) is 0 Å². The third kappa shape index (κ3) is 2.56. The first-order valence-corrected chi connectivity index (χ1v) is 8.47. The van der Waals surface area contributed by atoms with E-state index in [1.807, 2.05) is 30.6 Å². The maximum Gasteiger partial charge on any atom is 0.0718 e. The van der Waals surface area contributed by atoms with Gasteiger partial charge in [0, 0.05) is 33.8 Å². The van der Waals surface area contributed by atoms with Crippen LogP contribution in [-0.4, -0.2) is 9.97 Å². The molecule has 2 nitrogen and oxygen atoms in total. The quantitative estimate of drug-likeness (QED) is 0.448. The number of nitrogens with zero attached hydrogens (tertiary/aromatic N) is 2. The molecular weight excluding hydrogens is 356 g/mol. The molecule has 22 heavy (non-hydrogen) atoms. The number of thiophene rings is 1. The van der Waals surface area contributed by atoms with E-state index in [0.717, 1.165) is 31.5 Å². The molecule has 4 aromatic rings. The molecule has 0 aliphatic carbocycles. The third-order valence-electron chi connectivity index (χ3n) is 3.51. The van der Waals surface area contributed by atoms with E-state index in [1.165, 1.54) is 4.88 Å². The predicted octanol–water partition coefficient (Wildman–Crippen LogP) is 5.79. The van der Waals surface area contributed by atoms with Crippen LogP contribution in [0.5, 0.6) is 0 Å². The average Bonchev–Trinajstić information content (AvgIpc) is 3.01. The highest BCUT2D eigenvalue weighted by Gasteiger charge is 2.05. The summed E-state index contributed by atoms with van der Waals surface area (Å²) in [4.78, 5) is 10.3. The number of halogens is 1. The molecule has 0 aliphatic heterocycles. The highest BCUT2D eigenvalue weighted by molar-refractivity contribution is 9.11. The summed E-state index contributed by atoms with van der Waals surface area (Å²) < 4.78 is 1.13. The highest BCUT2D eigenvalue weighted by Crippen LogP contribution is 2.31. The van der Waals surface area contributed by atoms with Gasteiger partial charge in [0.25, 0.3) is 0 Å². The van der Waals surface area contributed by atoms with Gasteiger partial charge in [0.2, 0.25) is 0 Å². The van der Waals surface area contributed by atoms with Crippen LogP contribution in [0, 0.1) is 0 Å². The van der Waals surface area contributed by atoms with Crippen LogP contribution in [0.3, 0.4) is 0 Å². The number of hydrogen-bond acceptors (Lipinski definition) is 3. The van der Waals surface area contributed by atoms with Crippen molar-refractivity contribution in [1.82, 2.24) is 9.97 Å². The van der Waals surface area contributed by atoms with Gasteiger partial charge in [-0.15, -0.1) is 11.3 Å². The fourth-order valence-corrected chi connectivity index (χ4v) is 3.77. The Kier molecular flexibility index (Phi) is 3.48. The molecule has 0 spiro atoms.